The van der Waals surface area contributed by atoms with Gasteiger partial charge in [0.1, 0.15) is 17.6 Å². The number of amides is 2. The number of ether oxygens (including phenoxy) is 1. The lowest BCUT2D eigenvalue weighted by atomic mass is 10.0. The Morgan fingerprint density at radius 1 is 0.944 bits per heavy atom. The van der Waals surface area contributed by atoms with Gasteiger partial charge >= 0.3 is 0 Å². The van der Waals surface area contributed by atoms with Crippen molar-refractivity contribution >= 4 is 11.8 Å². The first-order valence-corrected chi connectivity index (χ1v) is 12.5. The number of halogens is 1. The summed E-state index contributed by atoms with van der Waals surface area (Å²) >= 11 is 0. The standard InChI is InChI=1S/C30H35FN2O3/c1-4-18-32-30(35)28(19-23-10-6-5-7-11-23)33(20-25-12-8-9-13-27(25)31)29(34)21-36-26-16-14-24(15-17-26)22(2)3/h5-17,22,28H,4,18-21H2,1-3H3,(H,32,35)/t28-/m1/s1. The number of benzene rings is 3. The van der Waals surface area contributed by atoms with Gasteiger partial charge in [0.15, 0.2) is 6.61 Å². The van der Waals surface area contributed by atoms with E-state index in [4.69, 9.17) is 4.74 Å². The maximum atomic E-state index is 14.6. The van der Waals surface area contributed by atoms with Crippen molar-refractivity contribution in [2.24, 2.45) is 0 Å². The fourth-order valence-electron chi connectivity index (χ4n) is 3.91. The van der Waals surface area contributed by atoms with Gasteiger partial charge in [-0.05, 0) is 41.7 Å². The Morgan fingerprint density at radius 2 is 1.61 bits per heavy atom. The van der Waals surface area contributed by atoms with E-state index in [0.717, 1.165) is 12.0 Å². The van der Waals surface area contributed by atoms with Gasteiger partial charge in [-0.1, -0.05) is 81.4 Å². The Balaban J connectivity index is 1.87. The van der Waals surface area contributed by atoms with Crippen LogP contribution in [0.3, 0.4) is 0 Å². The fourth-order valence-corrected chi connectivity index (χ4v) is 3.91. The summed E-state index contributed by atoms with van der Waals surface area (Å²) in [4.78, 5) is 28.2. The summed E-state index contributed by atoms with van der Waals surface area (Å²) in [6, 6.07) is 22.6. The molecular weight excluding hydrogens is 455 g/mol. The zero-order valence-electron chi connectivity index (χ0n) is 21.2. The Kier molecular flexibility index (Phi) is 10.0. The van der Waals surface area contributed by atoms with Crippen molar-refractivity contribution in [3.8, 4) is 5.75 Å². The van der Waals surface area contributed by atoms with Crippen molar-refractivity contribution in [1.29, 1.82) is 0 Å². The van der Waals surface area contributed by atoms with Crippen LogP contribution < -0.4 is 10.1 Å². The van der Waals surface area contributed by atoms with Gasteiger partial charge in [0.25, 0.3) is 5.91 Å². The van der Waals surface area contributed by atoms with E-state index in [-0.39, 0.29) is 19.1 Å². The second-order valence-corrected chi connectivity index (χ2v) is 9.12. The van der Waals surface area contributed by atoms with Gasteiger partial charge in [0, 0.05) is 25.1 Å². The van der Waals surface area contributed by atoms with Gasteiger partial charge in [0.05, 0.1) is 0 Å². The highest BCUT2D eigenvalue weighted by Gasteiger charge is 2.31. The van der Waals surface area contributed by atoms with E-state index >= 15 is 0 Å². The van der Waals surface area contributed by atoms with Crippen molar-refractivity contribution in [2.45, 2.75) is 52.1 Å². The van der Waals surface area contributed by atoms with E-state index in [1.165, 1.54) is 16.5 Å². The summed E-state index contributed by atoms with van der Waals surface area (Å²) in [5.74, 6) is -0.135. The van der Waals surface area contributed by atoms with Crippen LogP contribution in [0.1, 0.15) is 49.8 Å². The molecule has 3 aromatic carbocycles. The Bertz CT molecular complexity index is 1120. The van der Waals surface area contributed by atoms with Gasteiger partial charge in [-0.3, -0.25) is 9.59 Å². The first-order valence-electron chi connectivity index (χ1n) is 12.5. The number of carbonyl (C=O) groups excluding carboxylic acids is 2. The Hall–Kier alpha value is -3.67. The molecule has 5 nitrogen and oxygen atoms in total. The van der Waals surface area contributed by atoms with Crippen LogP contribution in [0.5, 0.6) is 5.75 Å². The van der Waals surface area contributed by atoms with Crippen LogP contribution in [0.2, 0.25) is 0 Å². The topological polar surface area (TPSA) is 58.6 Å². The minimum Gasteiger partial charge on any atom is -0.484 e. The highest BCUT2D eigenvalue weighted by atomic mass is 19.1. The smallest absolute Gasteiger partial charge is 0.261 e. The number of carbonyl (C=O) groups is 2. The number of hydrogen-bond acceptors (Lipinski definition) is 3. The van der Waals surface area contributed by atoms with Gasteiger partial charge < -0.3 is 15.0 Å². The predicted molar refractivity (Wildman–Crippen MR) is 140 cm³/mol. The molecule has 0 saturated heterocycles. The van der Waals surface area contributed by atoms with Crippen molar-refractivity contribution in [2.75, 3.05) is 13.2 Å². The average molecular weight is 491 g/mol. The van der Waals surface area contributed by atoms with Crippen LogP contribution in [0.4, 0.5) is 4.39 Å². The molecule has 36 heavy (non-hydrogen) atoms. The lowest BCUT2D eigenvalue weighted by Gasteiger charge is -2.31. The third-order valence-corrected chi connectivity index (χ3v) is 6.03. The van der Waals surface area contributed by atoms with Crippen molar-refractivity contribution in [3.63, 3.8) is 0 Å². The van der Waals surface area contributed by atoms with Crippen molar-refractivity contribution < 1.29 is 18.7 Å². The first kappa shape index (κ1) is 26.9. The van der Waals surface area contributed by atoms with E-state index in [9.17, 15) is 14.0 Å². The monoisotopic (exact) mass is 490 g/mol. The molecule has 3 rings (SSSR count). The lowest BCUT2D eigenvalue weighted by molar-refractivity contribution is -0.142. The maximum absolute atomic E-state index is 14.6. The van der Waals surface area contributed by atoms with E-state index in [0.29, 0.717) is 30.2 Å². The van der Waals surface area contributed by atoms with Crippen LogP contribution >= 0.6 is 0 Å². The van der Waals surface area contributed by atoms with E-state index in [1.807, 2.05) is 61.5 Å². The quantitative estimate of drug-likeness (QED) is 0.365. The summed E-state index contributed by atoms with van der Waals surface area (Å²) in [5.41, 5.74) is 2.42. The van der Waals surface area contributed by atoms with Gasteiger partial charge in [-0.25, -0.2) is 4.39 Å². The molecule has 0 spiro atoms. The number of rotatable bonds is 12. The number of hydrogen-bond donors (Lipinski definition) is 1. The molecule has 0 saturated carbocycles. The normalized spacial score (nSPS) is 11.7. The zero-order valence-corrected chi connectivity index (χ0v) is 21.2. The minimum atomic E-state index is -0.821. The van der Waals surface area contributed by atoms with Gasteiger partial charge in [-0.15, -0.1) is 0 Å². The van der Waals surface area contributed by atoms with Crippen LogP contribution in [0, 0.1) is 5.82 Å². The van der Waals surface area contributed by atoms with Gasteiger partial charge in [0.2, 0.25) is 5.91 Å². The molecular formula is C30H35FN2O3. The molecule has 0 aliphatic carbocycles. The molecule has 0 aliphatic heterocycles. The molecule has 6 heteroatoms. The van der Waals surface area contributed by atoms with E-state index in [1.54, 1.807) is 18.2 Å². The molecule has 1 atom stereocenters. The molecule has 2 amide bonds. The molecule has 0 aliphatic rings. The third kappa shape index (κ3) is 7.67. The molecule has 0 bridgehead atoms. The maximum Gasteiger partial charge on any atom is 0.261 e. The summed E-state index contributed by atoms with van der Waals surface area (Å²) in [7, 11) is 0. The average Bonchev–Trinajstić information content (AvgIpc) is 2.89. The number of nitrogens with one attached hydrogen (secondary N) is 1. The zero-order chi connectivity index (χ0) is 25.9. The van der Waals surface area contributed by atoms with E-state index < -0.39 is 17.8 Å². The molecule has 190 valence electrons. The Morgan fingerprint density at radius 3 is 2.25 bits per heavy atom. The summed E-state index contributed by atoms with van der Waals surface area (Å²) in [6.45, 7) is 6.37. The molecule has 1 N–H and O–H groups in total. The second kappa shape index (κ2) is 13.4. The highest BCUT2D eigenvalue weighted by molar-refractivity contribution is 5.88. The van der Waals surface area contributed by atoms with Crippen LogP contribution in [-0.4, -0.2) is 35.9 Å². The third-order valence-electron chi connectivity index (χ3n) is 6.03. The minimum absolute atomic E-state index is 0.0435. The van der Waals surface area contributed by atoms with Crippen LogP contribution in [0.25, 0.3) is 0 Å². The summed E-state index contributed by atoms with van der Waals surface area (Å²) in [6.07, 6.45) is 1.07. The van der Waals surface area contributed by atoms with Crippen molar-refractivity contribution in [1.82, 2.24) is 10.2 Å². The number of nitrogens with zero attached hydrogens (tertiary/aromatic N) is 1. The summed E-state index contributed by atoms with van der Waals surface area (Å²) < 4.78 is 20.4. The van der Waals surface area contributed by atoms with Gasteiger partial charge in [-0.2, -0.15) is 0 Å². The largest absolute Gasteiger partial charge is 0.484 e. The molecule has 0 aromatic heterocycles. The Labute approximate surface area is 213 Å². The molecule has 0 unspecified atom stereocenters. The molecule has 3 aromatic rings. The molecule has 0 radical (unpaired) electrons. The SMILES string of the molecule is CCCNC(=O)[C@@H](Cc1ccccc1)N(Cc1ccccc1F)C(=O)COc1ccc(C(C)C)cc1. The van der Waals surface area contributed by atoms with Crippen molar-refractivity contribution in [3.05, 3.63) is 101 Å². The molecule has 0 fully saturated rings. The van der Waals surface area contributed by atoms with Crippen LogP contribution in [0.15, 0.2) is 78.9 Å². The van der Waals surface area contributed by atoms with E-state index in [2.05, 4.69) is 19.2 Å². The van der Waals surface area contributed by atoms with Crippen LogP contribution in [-0.2, 0) is 22.6 Å². The fraction of sp³-hybridized carbons (Fsp3) is 0.333. The lowest BCUT2D eigenvalue weighted by Crippen LogP contribution is -2.51. The second-order valence-electron chi connectivity index (χ2n) is 9.12. The highest BCUT2D eigenvalue weighted by Crippen LogP contribution is 2.20. The summed E-state index contributed by atoms with van der Waals surface area (Å²) in [5, 5.41) is 2.91. The first-order chi connectivity index (χ1) is 17.4. The predicted octanol–water partition coefficient (Wildman–Crippen LogP) is 5.49. The molecule has 0 heterocycles.